The van der Waals surface area contributed by atoms with Gasteiger partial charge in [-0.25, -0.2) is 14.8 Å². The fourth-order valence-corrected chi connectivity index (χ4v) is 2.73. The SMILES string of the molecule is CCCCCCn1c(O)c(C=C2N=c3ccccc3=N2)c(=O)[nH]c1=O. The molecule has 1 aliphatic rings. The Labute approximate surface area is 143 Å². The normalized spacial score (nSPS) is 12.4. The van der Waals surface area contributed by atoms with Crippen molar-refractivity contribution in [2.24, 2.45) is 9.98 Å². The molecule has 0 saturated heterocycles. The van der Waals surface area contributed by atoms with Gasteiger partial charge in [-0.2, -0.15) is 0 Å². The molecule has 0 atom stereocenters. The number of benzene rings is 1. The third-order valence-corrected chi connectivity index (χ3v) is 4.07. The highest BCUT2D eigenvalue weighted by atomic mass is 16.3. The number of nitrogens with zero attached hydrogens (tertiary/aromatic N) is 3. The number of hydrogen-bond donors (Lipinski definition) is 2. The number of hydrogen-bond acceptors (Lipinski definition) is 5. The number of fused-ring (bicyclic) bond motifs is 1. The molecule has 0 radical (unpaired) electrons. The summed E-state index contributed by atoms with van der Waals surface area (Å²) in [6.07, 6.45) is 5.25. The van der Waals surface area contributed by atoms with Gasteiger partial charge in [0, 0.05) is 12.6 Å². The zero-order valence-electron chi connectivity index (χ0n) is 14.0. The summed E-state index contributed by atoms with van der Waals surface area (Å²) in [6, 6.07) is 7.33. The third-order valence-electron chi connectivity index (χ3n) is 4.07. The first-order valence-corrected chi connectivity index (χ1v) is 8.40. The first-order valence-electron chi connectivity index (χ1n) is 8.40. The van der Waals surface area contributed by atoms with E-state index < -0.39 is 11.2 Å². The van der Waals surface area contributed by atoms with Gasteiger partial charge in [0.1, 0.15) is 5.56 Å². The molecule has 7 heteroatoms. The molecular weight excluding hydrogens is 320 g/mol. The number of nitrogens with one attached hydrogen (secondary N) is 1. The van der Waals surface area contributed by atoms with Crippen LogP contribution in [0, 0.1) is 0 Å². The van der Waals surface area contributed by atoms with E-state index in [0.29, 0.717) is 23.1 Å². The van der Waals surface area contributed by atoms with Crippen LogP contribution in [0.5, 0.6) is 5.88 Å². The molecule has 1 aliphatic heterocycles. The van der Waals surface area contributed by atoms with Crippen LogP contribution in [0.3, 0.4) is 0 Å². The lowest BCUT2D eigenvalue weighted by Crippen LogP contribution is -2.31. The number of aromatic amines is 1. The first kappa shape index (κ1) is 16.9. The van der Waals surface area contributed by atoms with E-state index in [9.17, 15) is 14.7 Å². The van der Waals surface area contributed by atoms with Crippen LogP contribution in [0.2, 0.25) is 0 Å². The Balaban J connectivity index is 1.97. The van der Waals surface area contributed by atoms with E-state index in [1.54, 1.807) is 0 Å². The molecule has 7 nitrogen and oxygen atoms in total. The van der Waals surface area contributed by atoms with E-state index in [1.165, 1.54) is 10.6 Å². The van der Waals surface area contributed by atoms with Gasteiger partial charge in [0.2, 0.25) is 5.88 Å². The quantitative estimate of drug-likeness (QED) is 0.769. The fourth-order valence-electron chi connectivity index (χ4n) is 2.73. The highest BCUT2D eigenvalue weighted by Crippen LogP contribution is 2.16. The van der Waals surface area contributed by atoms with E-state index in [4.69, 9.17) is 0 Å². The van der Waals surface area contributed by atoms with Gasteiger partial charge in [-0.05, 0) is 18.6 Å². The Bertz CT molecular complexity index is 1010. The molecule has 2 N–H and O–H groups in total. The van der Waals surface area contributed by atoms with Crippen LogP contribution in [0.25, 0.3) is 6.08 Å². The molecule has 130 valence electrons. The maximum absolute atomic E-state index is 12.1. The molecule has 0 unspecified atom stereocenters. The summed E-state index contributed by atoms with van der Waals surface area (Å²) in [4.78, 5) is 34.9. The molecule has 0 fully saturated rings. The smallest absolute Gasteiger partial charge is 0.331 e. The lowest BCUT2D eigenvalue weighted by Gasteiger charge is -2.09. The number of aromatic hydroxyl groups is 1. The number of para-hydroxylation sites is 2. The first-order chi connectivity index (χ1) is 12.1. The van der Waals surface area contributed by atoms with Gasteiger partial charge >= 0.3 is 5.69 Å². The van der Waals surface area contributed by atoms with Crippen molar-refractivity contribution in [3.63, 3.8) is 0 Å². The molecular formula is C18H20N4O3. The van der Waals surface area contributed by atoms with Gasteiger partial charge in [0.05, 0.1) is 10.7 Å². The van der Waals surface area contributed by atoms with Gasteiger partial charge in [-0.3, -0.25) is 14.3 Å². The molecule has 1 aromatic heterocycles. The number of H-pyrrole nitrogens is 1. The monoisotopic (exact) mass is 340 g/mol. The van der Waals surface area contributed by atoms with Crippen LogP contribution < -0.4 is 22.0 Å². The van der Waals surface area contributed by atoms with Crippen molar-refractivity contribution >= 4 is 6.08 Å². The maximum atomic E-state index is 12.1. The fraction of sp³-hybridized carbons (Fsp3) is 0.333. The Hall–Kier alpha value is -2.96. The minimum atomic E-state index is -0.652. The average molecular weight is 340 g/mol. The predicted octanol–water partition coefficient (Wildman–Crippen LogP) is 1.07. The molecule has 3 rings (SSSR count). The molecule has 2 aromatic rings. The van der Waals surface area contributed by atoms with Gasteiger partial charge in [0.15, 0.2) is 5.82 Å². The summed E-state index contributed by atoms with van der Waals surface area (Å²) in [5, 5.41) is 11.8. The molecule has 1 aromatic carbocycles. The summed E-state index contributed by atoms with van der Waals surface area (Å²) < 4.78 is 1.19. The van der Waals surface area contributed by atoms with E-state index in [0.717, 1.165) is 25.7 Å². The largest absolute Gasteiger partial charge is 0.494 e. The second-order valence-electron chi connectivity index (χ2n) is 5.92. The Kier molecular flexibility index (Phi) is 4.92. The minimum absolute atomic E-state index is 0.00889. The maximum Gasteiger partial charge on any atom is 0.331 e. The molecule has 0 spiro atoms. The highest BCUT2D eigenvalue weighted by Gasteiger charge is 2.14. The Morgan fingerprint density at radius 2 is 1.80 bits per heavy atom. The van der Waals surface area contributed by atoms with Gasteiger partial charge < -0.3 is 5.11 Å². The molecule has 0 amide bonds. The second-order valence-corrected chi connectivity index (χ2v) is 5.92. The topological polar surface area (TPSA) is 99.8 Å². The summed E-state index contributed by atoms with van der Waals surface area (Å²) in [5.74, 6) is -0.0303. The zero-order valence-corrected chi connectivity index (χ0v) is 14.0. The van der Waals surface area contributed by atoms with Crippen molar-refractivity contribution in [2.75, 3.05) is 0 Å². The third kappa shape index (κ3) is 3.60. The van der Waals surface area contributed by atoms with Crippen LogP contribution >= 0.6 is 0 Å². The van der Waals surface area contributed by atoms with Crippen molar-refractivity contribution in [1.29, 1.82) is 0 Å². The average Bonchev–Trinajstić information content (AvgIpc) is 3.00. The van der Waals surface area contributed by atoms with Crippen LogP contribution in [-0.2, 0) is 6.54 Å². The van der Waals surface area contributed by atoms with Gasteiger partial charge in [-0.1, -0.05) is 38.3 Å². The van der Waals surface area contributed by atoms with Crippen molar-refractivity contribution in [3.8, 4) is 5.88 Å². The minimum Gasteiger partial charge on any atom is -0.494 e. The number of unbranched alkanes of at least 4 members (excludes halogenated alkanes) is 3. The van der Waals surface area contributed by atoms with Crippen molar-refractivity contribution < 1.29 is 5.11 Å². The lowest BCUT2D eigenvalue weighted by molar-refractivity contribution is 0.391. The second kappa shape index (κ2) is 7.29. The standard InChI is InChI=1S/C18H20N4O3/c1-2-3-4-7-10-22-17(24)12(16(23)21-18(22)25)11-15-19-13-8-5-6-9-14(13)20-15/h5-6,8-9,11,24H,2-4,7,10H2,1H3,(H,21,23,25). The van der Waals surface area contributed by atoms with Gasteiger partial charge in [0.25, 0.3) is 5.56 Å². The summed E-state index contributed by atoms with van der Waals surface area (Å²) >= 11 is 0. The van der Waals surface area contributed by atoms with Crippen molar-refractivity contribution in [1.82, 2.24) is 9.55 Å². The molecule has 0 aliphatic carbocycles. The van der Waals surface area contributed by atoms with E-state index in [-0.39, 0.29) is 11.4 Å². The Morgan fingerprint density at radius 1 is 1.12 bits per heavy atom. The Morgan fingerprint density at radius 3 is 2.44 bits per heavy atom. The molecule has 25 heavy (non-hydrogen) atoms. The molecule has 2 heterocycles. The zero-order chi connectivity index (χ0) is 17.8. The van der Waals surface area contributed by atoms with Crippen molar-refractivity contribution in [2.45, 2.75) is 39.2 Å². The number of rotatable bonds is 6. The van der Waals surface area contributed by atoms with Gasteiger partial charge in [-0.15, -0.1) is 0 Å². The highest BCUT2D eigenvalue weighted by molar-refractivity contribution is 5.56. The van der Waals surface area contributed by atoms with Crippen LogP contribution in [0.4, 0.5) is 0 Å². The number of aromatic nitrogens is 2. The summed E-state index contributed by atoms with van der Waals surface area (Å²) in [7, 11) is 0. The summed E-state index contributed by atoms with van der Waals surface area (Å²) in [6.45, 7) is 2.45. The van der Waals surface area contributed by atoms with Crippen LogP contribution in [0.15, 0.2) is 49.7 Å². The van der Waals surface area contributed by atoms with Crippen LogP contribution in [0.1, 0.15) is 38.2 Å². The van der Waals surface area contributed by atoms with E-state index in [2.05, 4.69) is 21.9 Å². The van der Waals surface area contributed by atoms with Crippen LogP contribution in [-0.4, -0.2) is 14.7 Å². The van der Waals surface area contributed by atoms with E-state index in [1.807, 2.05) is 24.3 Å². The summed E-state index contributed by atoms with van der Waals surface area (Å²) in [5.41, 5.74) is -1.27. The lowest BCUT2D eigenvalue weighted by atomic mass is 10.2. The molecule has 0 saturated carbocycles. The van der Waals surface area contributed by atoms with Crippen molar-refractivity contribution in [3.05, 3.63) is 67.2 Å². The van der Waals surface area contributed by atoms with E-state index >= 15 is 0 Å². The predicted molar refractivity (Wildman–Crippen MR) is 93.9 cm³/mol. The molecule has 0 bridgehead atoms.